The number of amides is 2. The first-order valence-electron chi connectivity index (χ1n) is 7.07. The third kappa shape index (κ3) is 2.36. The maximum Gasteiger partial charge on any atom is 0.243 e. The number of hydrogen-bond acceptors (Lipinski definition) is 4. The van der Waals surface area contributed by atoms with E-state index in [1.165, 1.54) is 0 Å². The van der Waals surface area contributed by atoms with Gasteiger partial charge in [-0.1, -0.05) is 0 Å². The molecule has 5 nitrogen and oxygen atoms in total. The van der Waals surface area contributed by atoms with Gasteiger partial charge in [-0.25, -0.2) is 0 Å². The second kappa shape index (κ2) is 4.98. The molecule has 106 valence electrons. The number of piperidine rings is 1. The summed E-state index contributed by atoms with van der Waals surface area (Å²) in [6.45, 7) is 3.96. The zero-order chi connectivity index (χ0) is 13.5. The van der Waals surface area contributed by atoms with E-state index in [-0.39, 0.29) is 28.8 Å². The average molecular weight is 283 g/mol. The molecule has 3 aliphatic heterocycles. The third-order valence-corrected chi connectivity index (χ3v) is 5.90. The summed E-state index contributed by atoms with van der Waals surface area (Å²) < 4.78 is 0. The van der Waals surface area contributed by atoms with Crippen LogP contribution in [0.5, 0.6) is 0 Å². The van der Waals surface area contributed by atoms with Crippen LogP contribution in [0.4, 0.5) is 0 Å². The molecule has 0 bridgehead atoms. The minimum Gasteiger partial charge on any atom is -0.350 e. The predicted molar refractivity (Wildman–Crippen MR) is 74.8 cm³/mol. The van der Waals surface area contributed by atoms with Crippen LogP contribution < -0.4 is 10.6 Å². The van der Waals surface area contributed by atoms with Gasteiger partial charge in [0.2, 0.25) is 11.8 Å². The Morgan fingerprint density at radius 1 is 1.58 bits per heavy atom. The number of carbonyl (C=O) groups excluding carboxylic acids is 2. The molecule has 3 aliphatic rings. The summed E-state index contributed by atoms with van der Waals surface area (Å²) in [5, 5.41) is 6.40. The van der Waals surface area contributed by atoms with E-state index in [0.717, 1.165) is 38.1 Å². The van der Waals surface area contributed by atoms with Gasteiger partial charge in [-0.15, -0.1) is 11.8 Å². The van der Waals surface area contributed by atoms with Crippen LogP contribution in [-0.4, -0.2) is 52.5 Å². The fourth-order valence-corrected chi connectivity index (χ4v) is 4.72. The SMILES string of the molecule is CC12CCC(=O)N1C(C(=O)N[C@H]1CCCNC1)CS2. The van der Waals surface area contributed by atoms with Crippen molar-refractivity contribution in [1.82, 2.24) is 15.5 Å². The summed E-state index contributed by atoms with van der Waals surface area (Å²) in [6, 6.07) is -0.0530. The van der Waals surface area contributed by atoms with E-state index in [0.29, 0.717) is 6.42 Å². The number of nitrogens with zero attached hydrogens (tertiary/aromatic N) is 1. The standard InChI is InChI=1S/C13H21N3O2S/c1-13-5-4-11(17)16(13)10(8-19-13)12(18)15-9-3-2-6-14-7-9/h9-10,14H,2-8H2,1H3,(H,15,18)/t9-,10?,13?/m0/s1. The molecule has 3 rings (SSSR count). The lowest BCUT2D eigenvalue weighted by Crippen LogP contribution is -2.54. The normalized spacial score (nSPS) is 38.4. The van der Waals surface area contributed by atoms with Crippen LogP contribution in [0.15, 0.2) is 0 Å². The van der Waals surface area contributed by atoms with Crippen molar-refractivity contribution in [2.45, 2.75) is 49.6 Å². The van der Waals surface area contributed by atoms with Gasteiger partial charge >= 0.3 is 0 Å². The van der Waals surface area contributed by atoms with E-state index in [2.05, 4.69) is 17.6 Å². The van der Waals surface area contributed by atoms with Gasteiger partial charge in [-0.2, -0.15) is 0 Å². The zero-order valence-electron chi connectivity index (χ0n) is 11.3. The first-order valence-corrected chi connectivity index (χ1v) is 8.06. The van der Waals surface area contributed by atoms with Gasteiger partial charge < -0.3 is 15.5 Å². The van der Waals surface area contributed by atoms with Gasteiger partial charge in [0.1, 0.15) is 6.04 Å². The molecule has 0 saturated carbocycles. The van der Waals surface area contributed by atoms with Crippen molar-refractivity contribution in [2.24, 2.45) is 0 Å². The summed E-state index contributed by atoms with van der Waals surface area (Å²) in [6.07, 6.45) is 3.58. The molecular weight excluding hydrogens is 262 g/mol. The summed E-state index contributed by atoms with van der Waals surface area (Å²) in [7, 11) is 0. The Hall–Kier alpha value is -0.750. The molecule has 0 aliphatic carbocycles. The highest BCUT2D eigenvalue weighted by Crippen LogP contribution is 2.47. The fraction of sp³-hybridized carbons (Fsp3) is 0.846. The Morgan fingerprint density at radius 3 is 3.16 bits per heavy atom. The highest BCUT2D eigenvalue weighted by molar-refractivity contribution is 8.01. The number of nitrogens with one attached hydrogen (secondary N) is 2. The Kier molecular flexibility index (Phi) is 3.47. The van der Waals surface area contributed by atoms with E-state index in [1.54, 1.807) is 11.8 Å². The fourth-order valence-electron chi connectivity index (χ4n) is 3.29. The molecule has 0 aromatic carbocycles. The number of rotatable bonds is 2. The van der Waals surface area contributed by atoms with Crippen LogP contribution in [0.1, 0.15) is 32.6 Å². The number of hydrogen-bond donors (Lipinski definition) is 2. The van der Waals surface area contributed by atoms with E-state index in [9.17, 15) is 9.59 Å². The highest BCUT2D eigenvalue weighted by atomic mass is 32.2. The van der Waals surface area contributed by atoms with Crippen LogP contribution in [0.3, 0.4) is 0 Å². The summed E-state index contributed by atoms with van der Waals surface area (Å²) >= 11 is 1.75. The van der Waals surface area contributed by atoms with Crippen molar-refractivity contribution in [1.29, 1.82) is 0 Å². The van der Waals surface area contributed by atoms with Gasteiger partial charge in [-0.05, 0) is 32.7 Å². The van der Waals surface area contributed by atoms with Crippen LogP contribution >= 0.6 is 11.8 Å². The maximum absolute atomic E-state index is 12.4. The van der Waals surface area contributed by atoms with E-state index < -0.39 is 0 Å². The second-order valence-electron chi connectivity index (χ2n) is 5.82. The van der Waals surface area contributed by atoms with Gasteiger partial charge in [-0.3, -0.25) is 9.59 Å². The molecule has 0 aromatic rings. The Morgan fingerprint density at radius 2 is 2.42 bits per heavy atom. The lowest BCUT2D eigenvalue weighted by molar-refractivity contribution is -0.138. The van der Waals surface area contributed by atoms with Crippen molar-refractivity contribution >= 4 is 23.6 Å². The quantitative estimate of drug-likeness (QED) is 0.766. The number of fused-ring (bicyclic) bond motifs is 1. The van der Waals surface area contributed by atoms with Crippen molar-refractivity contribution in [3.8, 4) is 0 Å². The smallest absolute Gasteiger partial charge is 0.243 e. The molecule has 3 heterocycles. The van der Waals surface area contributed by atoms with E-state index in [1.807, 2.05) is 4.90 Å². The minimum absolute atomic E-state index is 0.0279. The van der Waals surface area contributed by atoms with Gasteiger partial charge in [0.05, 0.1) is 4.87 Å². The molecule has 2 N–H and O–H groups in total. The average Bonchev–Trinajstić information content (AvgIpc) is 2.88. The van der Waals surface area contributed by atoms with Crippen molar-refractivity contribution < 1.29 is 9.59 Å². The summed E-state index contributed by atoms with van der Waals surface area (Å²) in [5.74, 6) is 0.892. The highest BCUT2D eigenvalue weighted by Gasteiger charge is 2.52. The molecule has 0 spiro atoms. The molecule has 2 unspecified atom stereocenters. The molecule has 0 radical (unpaired) electrons. The first kappa shape index (κ1) is 13.2. The topological polar surface area (TPSA) is 61.4 Å². The molecule has 3 fully saturated rings. The Balaban J connectivity index is 1.65. The lowest BCUT2D eigenvalue weighted by atomic mass is 10.1. The van der Waals surface area contributed by atoms with Crippen molar-refractivity contribution in [2.75, 3.05) is 18.8 Å². The maximum atomic E-state index is 12.4. The van der Waals surface area contributed by atoms with Crippen molar-refractivity contribution in [3.05, 3.63) is 0 Å². The van der Waals surface area contributed by atoms with E-state index >= 15 is 0 Å². The molecule has 19 heavy (non-hydrogen) atoms. The van der Waals surface area contributed by atoms with E-state index in [4.69, 9.17) is 0 Å². The molecule has 0 aromatic heterocycles. The molecule has 6 heteroatoms. The molecule has 3 atom stereocenters. The third-order valence-electron chi connectivity index (χ3n) is 4.39. The molecular formula is C13H21N3O2S. The summed E-state index contributed by atoms with van der Waals surface area (Å²) in [4.78, 5) is 26.1. The van der Waals surface area contributed by atoms with Crippen LogP contribution in [-0.2, 0) is 9.59 Å². The predicted octanol–water partition coefficient (Wildman–Crippen LogP) is 0.309. The first-order chi connectivity index (χ1) is 9.10. The minimum atomic E-state index is -0.271. The largest absolute Gasteiger partial charge is 0.350 e. The number of carbonyl (C=O) groups is 2. The van der Waals surface area contributed by atoms with Crippen LogP contribution in [0, 0.1) is 0 Å². The molecule has 2 amide bonds. The monoisotopic (exact) mass is 283 g/mol. The Bertz CT molecular complexity index is 397. The van der Waals surface area contributed by atoms with Gasteiger partial charge in [0, 0.05) is 24.8 Å². The van der Waals surface area contributed by atoms with Crippen LogP contribution in [0.25, 0.3) is 0 Å². The van der Waals surface area contributed by atoms with Gasteiger partial charge in [0.25, 0.3) is 0 Å². The lowest BCUT2D eigenvalue weighted by Gasteiger charge is -2.31. The van der Waals surface area contributed by atoms with Gasteiger partial charge in [0.15, 0.2) is 0 Å². The zero-order valence-corrected chi connectivity index (χ0v) is 12.1. The molecule has 3 saturated heterocycles. The summed E-state index contributed by atoms with van der Waals surface area (Å²) in [5.41, 5.74) is 0. The number of thioether (sulfide) groups is 1. The van der Waals surface area contributed by atoms with Crippen molar-refractivity contribution in [3.63, 3.8) is 0 Å². The second-order valence-corrected chi connectivity index (χ2v) is 7.32. The van der Waals surface area contributed by atoms with Crippen LogP contribution in [0.2, 0.25) is 0 Å². The Labute approximate surface area is 117 Å².